The number of carbonyl (C=O) groups excluding carboxylic acids is 2. The van der Waals surface area contributed by atoms with Crippen LogP contribution in [-0.4, -0.2) is 22.8 Å². The number of amides is 2. The van der Waals surface area contributed by atoms with E-state index in [1.54, 1.807) is 6.20 Å². The molecule has 0 bridgehead atoms. The van der Waals surface area contributed by atoms with Gasteiger partial charge in [-0.05, 0) is 63.0 Å². The van der Waals surface area contributed by atoms with Crippen molar-refractivity contribution in [1.82, 2.24) is 15.6 Å². The first-order valence-corrected chi connectivity index (χ1v) is 10.6. The zero-order valence-corrected chi connectivity index (χ0v) is 16.5. The topological polar surface area (TPSA) is 71.1 Å². The maximum atomic E-state index is 12.4. The number of hydrogen-bond acceptors (Lipinski definition) is 3. The van der Waals surface area contributed by atoms with Crippen molar-refractivity contribution in [2.45, 2.75) is 83.7 Å². The molecule has 5 nitrogen and oxygen atoms in total. The van der Waals surface area contributed by atoms with E-state index in [4.69, 9.17) is 0 Å². The first kappa shape index (κ1) is 19.8. The fourth-order valence-corrected chi connectivity index (χ4v) is 4.46. The Labute approximate surface area is 162 Å². The molecule has 0 saturated heterocycles. The summed E-state index contributed by atoms with van der Waals surface area (Å²) in [5.41, 5.74) is 2.02. The molecular weight excluding hydrogens is 338 g/mol. The van der Waals surface area contributed by atoms with Crippen LogP contribution >= 0.6 is 0 Å². The maximum Gasteiger partial charge on any atom is 0.223 e. The van der Waals surface area contributed by atoms with Crippen molar-refractivity contribution in [2.75, 3.05) is 0 Å². The molecule has 2 aliphatic rings. The molecule has 0 aliphatic heterocycles. The molecular formula is C22H33N3O2. The van der Waals surface area contributed by atoms with Gasteiger partial charge in [-0.2, -0.15) is 0 Å². The van der Waals surface area contributed by atoms with Crippen LogP contribution in [0.2, 0.25) is 0 Å². The van der Waals surface area contributed by atoms with E-state index in [2.05, 4.69) is 15.6 Å². The predicted octanol–water partition coefficient (Wildman–Crippen LogP) is 3.65. The summed E-state index contributed by atoms with van der Waals surface area (Å²) in [6, 6.07) is 4.16. The van der Waals surface area contributed by atoms with Crippen LogP contribution in [-0.2, 0) is 16.1 Å². The SMILES string of the molecule is Cc1cccnc1CNC(=O)C1CCC(NC(=O)CC2CCCCC2)CC1. The van der Waals surface area contributed by atoms with Gasteiger partial charge in [-0.15, -0.1) is 0 Å². The van der Waals surface area contributed by atoms with Crippen molar-refractivity contribution in [3.63, 3.8) is 0 Å². The zero-order chi connectivity index (χ0) is 19.1. The van der Waals surface area contributed by atoms with Crippen molar-refractivity contribution >= 4 is 11.8 Å². The predicted molar refractivity (Wildman–Crippen MR) is 106 cm³/mol. The monoisotopic (exact) mass is 371 g/mol. The van der Waals surface area contributed by atoms with E-state index >= 15 is 0 Å². The molecule has 0 unspecified atom stereocenters. The minimum atomic E-state index is 0.0560. The summed E-state index contributed by atoms with van der Waals surface area (Å²) in [6.45, 7) is 2.50. The van der Waals surface area contributed by atoms with Crippen LogP contribution in [0.25, 0.3) is 0 Å². The summed E-state index contributed by atoms with van der Waals surface area (Å²) >= 11 is 0. The second kappa shape index (κ2) is 9.86. The second-order valence-electron chi connectivity index (χ2n) is 8.31. The van der Waals surface area contributed by atoms with Gasteiger partial charge in [0.1, 0.15) is 0 Å². The smallest absolute Gasteiger partial charge is 0.223 e. The Kier molecular flexibility index (Phi) is 7.25. The van der Waals surface area contributed by atoms with Crippen molar-refractivity contribution < 1.29 is 9.59 Å². The summed E-state index contributed by atoms with van der Waals surface area (Å²) in [7, 11) is 0. The lowest BCUT2D eigenvalue weighted by atomic mass is 9.84. The Morgan fingerprint density at radius 3 is 2.52 bits per heavy atom. The van der Waals surface area contributed by atoms with Crippen LogP contribution < -0.4 is 10.6 Å². The van der Waals surface area contributed by atoms with Crippen LogP contribution in [0, 0.1) is 18.8 Å². The molecule has 2 saturated carbocycles. The van der Waals surface area contributed by atoms with Crippen molar-refractivity contribution in [3.8, 4) is 0 Å². The highest BCUT2D eigenvalue weighted by Crippen LogP contribution is 2.27. The molecule has 1 aromatic heterocycles. The van der Waals surface area contributed by atoms with Gasteiger partial charge in [0.2, 0.25) is 11.8 Å². The molecule has 0 atom stereocenters. The van der Waals surface area contributed by atoms with E-state index < -0.39 is 0 Å². The van der Waals surface area contributed by atoms with E-state index in [0.717, 1.165) is 36.9 Å². The third-order valence-corrected chi connectivity index (χ3v) is 6.21. The fraction of sp³-hybridized carbons (Fsp3) is 0.682. The fourth-order valence-electron chi connectivity index (χ4n) is 4.46. The molecule has 148 valence electrons. The highest BCUT2D eigenvalue weighted by molar-refractivity contribution is 5.79. The Balaban J connectivity index is 1.36. The van der Waals surface area contributed by atoms with E-state index in [1.807, 2.05) is 19.1 Å². The highest BCUT2D eigenvalue weighted by Gasteiger charge is 2.27. The van der Waals surface area contributed by atoms with Crippen molar-refractivity contribution in [1.29, 1.82) is 0 Å². The van der Waals surface area contributed by atoms with Gasteiger partial charge >= 0.3 is 0 Å². The number of nitrogens with one attached hydrogen (secondary N) is 2. The molecule has 5 heteroatoms. The first-order chi connectivity index (χ1) is 13.1. The molecule has 2 fully saturated rings. The molecule has 27 heavy (non-hydrogen) atoms. The molecule has 0 radical (unpaired) electrons. The van der Waals surface area contributed by atoms with Crippen LogP contribution in [0.3, 0.4) is 0 Å². The van der Waals surface area contributed by atoms with Gasteiger partial charge in [-0.25, -0.2) is 0 Å². The standard InChI is InChI=1S/C22H33N3O2/c1-16-6-5-13-23-20(16)15-24-22(27)18-9-11-19(12-10-18)25-21(26)14-17-7-3-2-4-8-17/h5-6,13,17-19H,2-4,7-12,14-15H2,1H3,(H,24,27)(H,25,26). The summed E-state index contributed by atoms with van der Waals surface area (Å²) in [6.07, 6.45) is 12.2. The summed E-state index contributed by atoms with van der Waals surface area (Å²) in [5.74, 6) is 0.962. The van der Waals surface area contributed by atoms with Gasteiger partial charge in [-0.3, -0.25) is 14.6 Å². The number of rotatable bonds is 6. The Morgan fingerprint density at radius 2 is 1.81 bits per heavy atom. The van der Waals surface area contributed by atoms with Gasteiger partial charge in [-0.1, -0.05) is 25.3 Å². The highest BCUT2D eigenvalue weighted by atomic mass is 16.2. The lowest BCUT2D eigenvalue weighted by Crippen LogP contribution is -2.41. The number of aryl methyl sites for hydroxylation is 1. The van der Waals surface area contributed by atoms with E-state index in [9.17, 15) is 9.59 Å². The zero-order valence-electron chi connectivity index (χ0n) is 16.5. The number of aromatic nitrogens is 1. The van der Waals surface area contributed by atoms with Gasteiger partial charge in [0.15, 0.2) is 0 Å². The van der Waals surface area contributed by atoms with Crippen LogP contribution in [0.4, 0.5) is 0 Å². The van der Waals surface area contributed by atoms with Crippen molar-refractivity contribution in [2.24, 2.45) is 11.8 Å². The largest absolute Gasteiger partial charge is 0.353 e. The first-order valence-electron chi connectivity index (χ1n) is 10.6. The van der Waals surface area contributed by atoms with E-state index in [1.165, 1.54) is 32.1 Å². The normalized spacial score (nSPS) is 23.6. The quantitative estimate of drug-likeness (QED) is 0.802. The lowest BCUT2D eigenvalue weighted by molar-refractivity contribution is -0.126. The van der Waals surface area contributed by atoms with Crippen molar-refractivity contribution in [3.05, 3.63) is 29.6 Å². The molecule has 2 aliphatic carbocycles. The minimum absolute atomic E-state index is 0.0560. The summed E-state index contributed by atoms with van der Waals surface area (Å²) in [4.78, 5) is 29.1. The van der Waals surface area contributed by atoms with E-state index in [0.29, 0.717) is 18.9 Å². The Bertz CT molecular complexity index is 632. The average Bonchev–Trinajstić information content (AvgIpc) is 2.68. The summed E-state index contributed by atoms with van der Waals surface area (Å²) in [5, 5.41) is 6.24. The molecule has 0 aromatic carbocycles. The van der Waals surface area contributed by atoms with Crippen LogP contribution in [0.5, 0.6) is 0 Å². The Hall–Kier alpha value is -1.91. The molecule has 1 aromatic rings. The maximum absolute atomic E-state index is 12.4. The number of pyridine rings is 1. The summed E-state index contributed by atoms with van der Waals surface area (Å²) < 4.78 is 0. The minimum Gasteiger partial charge on any atom is -0.353 e. The number of nitrogens with zero attached hydrogens (tertiary/aromatic N) is 1. The number of hydrogen-bond donors (Lipinski definition) is 2. The molecule has 1 heterocycles. The molecule has 2 N–H and O–H groups in total. The Morgan fingerprint density at radius 1 is 1.07 bits per heavy atom. The molecule has 2 amide bonds. The lowest BCUT2D eigenvalue weighted by Gasteiger charge is -2.29. The third kappa shape index (κ3) is 6.05. The molecule has 3 rings (SSSR count). The van der Waals surface area contributed by atoms with Gasteiger partial charge in [0, 0.05) is 24.6 Å². The van der Waals surface area contributed by atoms with Crippen LogP contribution in [0.15, 0.2) is 18.3 Å². The van der Waals surface area contributed by atoms with E-state index in [-0.39, 0.29) is 23.8 Å². The second-order valence-corrected chi connectivity index (χ2v) is 8.31. The van der Waals surface area contributed by atoms with Gasteiger partial charge in [0.25, 0.3) is 0 Å². The van der Waals surface area contributed by atoms with Crippen LogP contribution in [0.1, 0.15) is 75.5 Å². The van der Waals surface area contributed by atoms with Gasteiger partial charge < -0.3 is 10.6 Å². The number of carbonyl (C=O) groups is 2. The average molecular weight is 372 g/mol. The van der Waals surface area contributed by atoms with Gasteiger partial charge in [0.05, 0.1) is 12.2 Å². The third-order valence-electron chi connectivity index (χ3n) is 6.21. The molecule has 0 spiro atoms.